The van der Waals surface area contributed by atoms with Crippen LogP contribution in [0.1, 0.15) is 24.1 Å². The van der Waals surface area contributed by atoms with Crippen LogP contribution in [-0.4, -0.2) is 57.2 Å². The number of nitrogens with zero attached hydrogens (tertiary/aromatic N) is 3. The summed E-state index contributed by atoms with van der Waals surface area (Å²) in [6.07, 6.45) is -0.335. The van der Waals surface area contributed by atoms with Gasteiger partial charge in [0.1, 0.15) is 0 Å². The summed E-state index contributed by atoms with van der Waals surface area (Å²) in [6.45, 7) is 1.07. The quantitative estimate of drug-likeness (QED) is 0.658. The summed E-state index contributed by atoms with van der Waals surface area (Å²) in [6, 6.07) is 12.8. The summed E-state index contributed by atoms with van der Waals surface area (Å²) in [5.74, 6) is -1.48. The highest BCUT2D eigenvalue weighted by Gasteiger charge is 2.34. The van der Waals surface area contributed by atoms with Gasteiger partial charge in [-0.25, -0.2) is 0 Å². The number of carbonyl (C=O) groups excluding carboxylic acids is 2. The van der Waals surface area contributed by atoms with E-state index in [1.165, 1.54) is 4.90 Å². The van der Waals surface area contributed by atoms with Gasteiger partial charge in [0.15, 0.2) is 12.2 Å². The van der Waals surface area contributed by atoms with Crippen molar-refractivity contribution in [3.8, 4) is 17.2 Å². The molecular weight excluding hydrogens is 372 g/mol. The van der Waals surface area contributed by atoms with Gasteiger partial charge in [-0.2, -0.15) is 5.26 Å². The number of likely N-dealkylation sites (tertiary alicyclic amines) is 1. The van der Waals surface area contributed by atoms with Crippen LogP contribution in [0.15, 0.2) is 42.6 Å². The Morgan fingerprint density at radius 2 is 1.86 bits per heavy atom. The molecule has 1 aliphatic rings. The molecule has 0 bridgehead atoms. The largest absolute Gasteiger partial charge is 0.380 e. The molecule has 0 radical (unpaired) electrons. The molecule has 0 aliphatic carbocycles. The molecule has 2 atom stereocenters. The summed E-state index contributed by atoms with van der Waals surface area (Å²) in [5.41, 5.74) is 2.60. The van der Waals surface area contributed by atoms with E-state index in [4.69, 9.17) is 0 Å². The number of benzene rings is 1. The fourth-order valence-corrected chi connectivity index (χ4v) is 3.21. The molecule has 3 rings (SSSR count). The van der Waals surface area contributed by atoms with Crippen LogP contribution in [-0.2, 0) is 16.1 Å². The van der Waals surface area contributed by atoms with E-state index >= 15 is 0 Å². The van der Waals surface area contributed by atoms with Crippen molar-refractivity contribution in [3.63, 3.8) is 0 Å². The van der Waals surface area contributed by atoms with E-state index in [9.17, 15) is 25.1 Å². The Labute approximate surface area is 168 Å². The molecule has 2 amide bonds. The molecular formula is C21H22N4O4. The van der Waals surface area contributed by atoms with Crippen molar-refractivity contribution in [1.29, 1.82) is 5.26 Å². The first-order valence-corrected chi connectivity index (χ1v) is 9.38. The maximum Gasteiger partial charge on any atom is 0.254 e. The van der Waals surface area contributed by atoms with Gasteiger partial charge in [-0.05, 0) is 25.0 Å². The minimum atomic E-state index is -1.84. The van der Waals surface area contributed by atoms with Gasteiger partial charge in [0.05, 0.1) is 23.9 Å². The molecule has 1 aromatic heterocycles. The van der Waals surface area contributed by atoms with Crippen LogP contribution >= 0.6 is 0 Å². The molecule has 1 saturated heterocycles. The molecule has 1 unspecified atom stereocenters. The van der Waals surface area contributed by atoms with Crippen molar-refractivity contribution >= 4 is 11.8 Å². The third kappa shape index (κ3) is 4.77. The van der Waals surface area contributed by atoms with Crippen molar-refractivity contribution in [2.75, 3.05) is 13.1 Å². The molecule has 1 fully saturated rings. The summed E-state index contributed by atoms with van der Waals surface area (Å²) >= 11 is 0. The molecule has 0 spiro atoms. The molecule has 150 valence electrons. The van der Waals surface area contributed by atoms with Crippen molar-refractivity contribution in [1.82, 2.24) is 15.2 Å². The highest BCUT2D eigenvalue weighted by atomic mass is 16.3. The van der Waals surface area contributed by atoms with E-state index in [0.717, 1.165) is 24.0 Å². The summed E-state index contributed by atoms with van der Waals surface area (Å²) < 4.78 is 0. The number of amides is 2. The average Bonchev–Trinajstić information content (AvgIpc) is 3.31. The highest BCUT2D eigenvalue weighted by molar-refractivity contribution is 5.90. The normalized spacial score (nSPS) is 15.4. The fraction of sp³-hybridized carbons (Fsp3) is 0.333. The predicted octanol–water partition coefficient (Wildman–Crippen LogP) is 0.581. The van der Waals surface area contributed by atoms with Crippen molar-refractivity contribution in [2.24, 2.45) is 0 Å². The number of aliphatic hydroxyl groups is 2. The van der Waals surface area contributed by atoms with Gasteiger partial charge in [0, 0.05) is 30.4 Å². The van der Waals surface area contributed by atoms with Gasteiger partial charge < -0.3 is 20.4 Å². The van der Waals surface area contributed by atoms with Crippen LogP contribution in [0.5, 0.6) is 0 Å². The van der Waals surface area contributed by atoms with Crippen LogP contribution in [0.4, 0.5) is 0 Å². The first kappa shape index (κ1) is 20.5. The van der Waals surface area contributed by atoms with Crippen LogP contribution in [0, 0.1) is 11.3 Å². The Balaban J connectivity index is 1.57. The Kier molecular flexibility index (Phi) is 6.54. The van der Waals surface area contributed by atoms with E-state index in [2.05, 4.69) is 16.4 Å². The Hall–Kier alpha value is -3.28. The van der Waals surface area contributed by atoms with Gasteiger partial charge in [0.25, 0.3) is 11.8 Å². The van der Waals surface area contributed by atoms with E-state index in [1.807, 2.05) is 12.1 Å². The van der Waals surface area contributed by atoms with E-state index < -0.39 is 24.0 Å². The van der Waals surface area contributed by atoms with Crippen molar-refractivity contribution < 1.29 is 19.8 Å². The predicted molar refractivity (Wildman–Crippen MR) is 104 cm³/mol. The maximum atomic E-state index is 12.1. The van der Waals surface area contributed by atoms with Gasteiger partial charge in [-0.15, -0.1) is 0 Å². The Bertz CT molecular complexity index is 917. The lowest BCUT2D eigenvalue weighted by molar-refractivity contribution is -0.152. The minimum absolute atomic E-state index is 0.0285. The SMILES string of the molecule is N#Cc1ccccc1-c1ccc(CNC(=O)C(O)[C@@H](O)C(=O)N2CCCC2)nc1. The second-order valence-corrected chi connectivity index (χ2v) is 6.84. The summed E-state index contributed by atoms with van der Waals surface area (Å²) in [7, 11) is 0. The standard InChI is InChI=1S/C21H22N4O4/c22-11-14-5-1-2-6-17(14)15-7-8-16(23-12-15)13-24-20(28)18(26)19(27)21(29)25-9-3-4-10-25/h1-2,5-8,12,18-19,26-27H,3-4,9-10,13H2,(H,24,28)/t18?,19-/m1/s1. The number of hydrogen-bond acceptors (Lipinski definition) is 6. The number of aliphatic hydroxyl groups excluding tert-OH is 2. The van der Waals surface area contributed by atoms with Crippen LogP contribution in [0.2, 0.25) is 0 Å². The van der Waals surface area contributed by atoms with Crippen LogP contribution < -0.4 is 5.32 Å². The zero-order valence-corrected chi connectivity index (χ0v) is 15.8. The highest BCUT2D eigenvalue weighted by Crippen LogP contribution is 2.22. The smallest absolute Gasteiger partial charge is 0.254 e. The van der Waals surface area contributed by atoms with Gasteiger partial charge in [-0.3, -0.25) is 14.6 Å². The average molecular weight is 394 g/mol. The molecule has 2 aromatic rings. The van der Waals surface area contributed by atoms with Crippen LogP contribution in [0.3, 0.4) is 0 Å². The molecule has 2 heterocycles. The summed E-state index contributed by atoms with van der Waals surface area (Å²) in [4.78, 5) is 29.9. The Morgan fingerprint density at radius 3 is 2.52 bits per heavy atom. The number of rotatable bonds is 6. The first-order valence-electron chi connectivity index (χ1n) is 9.38. The van der Waals surface area contributed by atoms with E-state index in [-0.39, 0.29) is 6.54 Å². The third-order valence-electron chi connectivity index (χ3n) is 4.87. The number of pyridine rings is 1. The monoisotopic (exact) mass is 394 g/mol. The zero-order valence-electron chi connectivity index (χ0n) is 15.8. The van der Waals surface area contributed by atoms with Gasteiger partial charge >= 0.3 is 0 Å². The number of nitriles is 1. The minimum Gasteiger partial charge on any atom is -0.380 e. The van der Waals surface area contributed by atoms with E-state index in [0.29, 0.717) is 24.3 Å². The molecule has 8 nitrogen and oxygen atoms in total. The summed E-state index contributed by atoms with van der Waals surface area (Å²) in [5, 5.41) is 31.6. The second kappa shape index (κ2) is 9.28. The number of carbonyl (C=O) groups is 2. The fourth-order valence-electron chi connectivity index (χ4n) is 3.21. The third-order valence-corrected chi connectivity index (χ3v) is 4.87. The number of hydrogen-bond donors (Lipinski definition) is 3. The zero-order chi connectivity index (χ0) is 20.8. The molecule has 8 heteroatoms. The number of nitrogens with one attached hydrogen (secondary N) is 1. The molecule has 0 saturated carbocycles. The van der Waals surface area contributed by atoms with Crippen LogP contribution in [0.25, 0.3) is 11.1 Å². The Morgan fingerprint density at radius 1 is 1.14 bits per heavy atom. The first-order chi connectivity index (χ1) is 14.0. The molecule has 1 aromatic carbocycles. The lowest BCUT2D eigenvalue weighted by atomic mass is 10.0. The van der Waals surface area contributed by atoms with E-state index in [1.54, 1.807) is 30.5 Å². The van der Waals surface area contributed by atoms with Gasteiger partial charge in [0.2, 0.25) is 0 Å². The molecule has 3 N–H and O–H groups in total. The maximum absolute atomic E-state index is 12.1. The van der Waals surface area contributed by atoms with Gasteiger partial charge in [-0.1, -0.05) is 24.3 Å². The topological polar surface area (TPSA) is 127 Å². The lowest BCUT2D eigenvalue weighted by Crippen LogP contribution is -2.50. The van der Waals surface area contributed by atoms with Crippen molar-refractivity contribution in [2.45, 2.75) is 31.6 Å². The lowest BCUT2D eigenvalue weighted by Gasteiger charge is -2.22. The number of aromatic nitrogens is 1. The molecule has 29 heavy (non-hydrogen) atoms. The molecule has 1 aliphatic heterocycles. The second-order valence-electron chi connectivity index (χ2n) is 6.84. The van der Waals surface area contributed by atoms with Crippen molar-refractivity contribution in [3.05, 3.63) is 53.9 Å².